The predicted octanol–water partition coefficient (Wildman–Crippen LogP) is 2.39. The van der Waals surface area contributed by atoms with E-state index >= 15 is 0 Å². The van der Waals surface area contributed by atoms with E-state index in [2.05, 4.69) is 10.4 Å². The SMILES string of the molecule is Cc1c([C@@H]2[C@@H](CNC(=O)c3cscc3Cl)CC(=O)N2C)cnn1C. The second-order valence-electron chi connectivity index (χ2n) is 6.07. The van der Waals surface area contributed by atoms with Crippen LogP contribution < -0.4 is 5.32 Å². The topological polar surface area (TPSA) is 67.2 Å². The second kappa shape index (κ2) is 6.57. The Morgan fingerprint density at radius 2 is 2.21 bits per heavy atom. The van der Waals surface area contributed by atoms with Gasteiger partial charge >= 0.3 is 0 Å². The number of carbonyl (C=O) groups excluding carboxylic acids is 2. The standard InChI is InChI=1S/C16H19ClN4O2S/c1-9-11(6-19-21(9)3)15-10(4-14(22)20(15)2)5-18-16(23)12-7-24-8-13(12)17/h6-8,10,15H,4-5H2,1-3H3,(H,18,23)/t10-,15+/m1/s1. The van der Waals surface area contributed by atoms with E-state index in [1.165, 1.54) is 11.3 Å². The summed E-state index contributed by atoms with van der Waals surface area (Å²) in [5, 5.41) is 11.1. The number of thiophene rings is 1. The molecule has 0 bridgehead atoms. The van der Waals surface area contributed by atoms with E-state index in [0.717, 1.165) is 11.3 Å². The fraction of sp³-hybridized carbons (Fsp3) is 0.438. The minimum Gasteiger partial charge on any atom is -0.352 e. The van der Waals surface area contributed by atoms with E-state index < -0.39 is 0 Å². The third-order valence-electron chi connectivity index (χ3n) is 4.67. The lowest BCUT2D eigenvalue weighted by atomic mass is 9.94. The van der Waals surface area contributed by atoms with E-state index in [4.69, 9.17) is 11.6 Å². The lowest BCUT2D eigenvalue weighted by Crippen LogP contribution is -2.32. The maximum Gasteiger partial charge on any atom is 0.253 e. The molecule has 0 radical (unpaired) electrons. The van der Waals surface area contributed by atoms with Crippen molar-refractivity contribution in [1.29, 1.82) is 0 Å². The number of aromatic nitrogens is 2. The number of nitrogens with zero attached hydrogens (tertiary/aromatic N) is 3. The first-order valence-corrected chi connectivity index (χ1v) is 8.96. The number of nitrogens with one attached hydrogen (secondary N) is 1. The van der Waals surface area contributed by atoms with Gasteiger partial charge in [-0.2, -0.15) is 5.10 Å². The van der Waals surface area contributed by atoms with Crippen molar-refractivity contribution in [2.45, 2.75) is 19.4 Å². The first-order valence-electron chi connectivity index (χ1n) is 7.64. The number of amides is 2. The molecule has 2 atom stereocenters. The average molecular weight is 367 g/mol. The number of carbonyl (C=O) groups is 2. The Morgan fingerprint density at radius 1 is 1.46 bits per heavy atom. The van der Waals surface area contributed by atoms with Crippen LogP contribution in [0.3, 0.4) is 0 Å². The van der Waals surface area contributed by atoms with Gasteiger partial charge in [0.15, 0.2) is 0 Å². The molecule has 0 saturated carbocycles. The van der Waals surface area contributed by atoms with Gasteiger partial charge in [0.1, 0.15) is 0 Å². The zero-order valence-electron chi connectivity index (χ0n) is 13.7. The molecule has 2 amide bonds. The van der Waals surface area contributed by atoms with E-state index in [9.17, 15) is 9.59 Å². The summed E-state index contributed by atoms with van der Waals surface area (Å²) >= 11 is 7.39. The van der Waals surface area contributed by atoms with Gasteiger partial charge in [0, 0.05) is 55.0 Å². The van der Waals surface area contributed by atoms with Crippen molar-refractivity contribution in [3.63, 3.8) is 0 Å². The molecule has 0 spiro atoms. The molecule has 0 aliphatic carbocycles. The number of aryl methyl sites for hydroxylation is 1. The zero-order valence-corrected chi connectivity index (χ0v) is 15.3. The van der Waals surface area contributed by atoms with Gasteiger partial charge in [-0.15, -0.1) is 11.3 Å². The number of likely N-dealkylation sites (tertiary alicyclic amines) is 1. The highest BCUT2D eigenvalue weighted by Gasteiger charge is 2.40. The molecule has 0 unspecified atom stereocenters. The maximum absolute atomic E-state index is 12.3. The van der Waals surface area contributed by atoms with Crippen LogP contribution in [-0.2, 0) is 11.8 Å². The second-order valence-corrected chi connectivity index (χ2v) is 7.22. The summed E-state index contributed by atoms with van der Waals surface area (Å²) in [6, 6.07) is -0.0792. The van der Waals surface area contributed by atoms with Crippen LogP contribution in [0.4, 0.5) is 0 Å². The molecule has 128 valence electrons. The number of hydrogen-bond acceptors (Lipinski definition) is 4. The summed E-state index contributed by atoms with van der Waals surface area (Å²) in [4.78, 5) is 26.2. The van der Waals surface area contributed by atoms with Crippen molar-refractivity contribution in [3.8, 4) is 0 Å². The van der Waals surface area contributed by atoms with E-state index in [1.54, 1.807) is 33.6 Å². The lowest BCUT2D eigenvalue weighted by Gasteiger charge is -2.25. The number of hydrogen-bond donors (Lipinski definition) is 1. The molecule has 1 aliphatic rings. The third kappa shape index (κ3) is 2.93. The minimum atomic E-state index is -0.204. The molecule has 24 heavy (non-hydrogen) atoms. The Labute approximate surface area is 149 Å². The Kier molecular flexibility index (Phi) is 4.64. The molecule has 1 aliphatic heterocycles. The summed E-state index contributed by atoms with van der Waals surface area (Å²) < 4.78 is 1.80. The molecule has 1 saturated heterocycles. The predicted molar refractivity (Wildman–Crippen MR) is 93.2 cm³/mol. The monoisotopic (exact) mass is 366 g/mol. The Balaban J connectivity index is 1.76. The van der Waals surface area contributed by atoms with Gasteiger partial charge < -0.3 is 10.2 Å². The molecule has 2 aromatic rings. The first kappa shape index (κ1) is 17.0. The van der Waals surface area contributed by atoms with Crippen LogP contribution in [0.1, 0.15) is 34.1 Å². The molecular formula is C16H19ClN4O2S. The van der Waals surface area contributed by atoms with Gasteiger partial charge in [-0.05, 0) is 6.92 Å². The van der Waals surface area contributed by atoms with Crippen molar-refractivity contribution in [1.82, 2.24) is 20.0 Å². The van der Waals surface area contributed by atoms with Crippen molar-refractivity contribution in [3.05, 3.63) is 38.8 Å². The average Bonchev–Trinajstić information content (AvgIpc) is 3.19. The fourth-order valence-corrected chi connectivity index (χ4v) is 4.21. The van der Waals surface area contributed by atoms with E-state index in [0.29, 0.717) is 23.6 Å². The Hall–Kier alpha value is -1.86. The number of halogens is 1. The van der Waals surface area contributed by atoms with Gasteiger partial charge in [-0.25, -0.2) is 0 Å². The smallest absolute Gasteiger partial charge is 0.253 e. The summed E-state index contributed by atoms with van der Waals surface area (Å²) in [6.07, 6.45) is 2.22. The van der Waals surface area contributed by atoms with Crippen molar-refractivity contribution >= 4 is 34.8 Å². The van der Waals surface area contributed by atoms with Crippen LogP contribution in [0.5, 0.6) is 0 Å². The lowest BCUT2D eigenvalue weighted by molar-refractivity contribution is -0.127. The quantitative estimate of drug-likeness (QED) is 0.903. The third-order valence-corrected chi connectivity index (χ3v) is 5.86. The summed E-state index contributed by atoms with van der Waals surface area (Å²) in [7, 11) is 3.68. The molecule has 1 N–H and O–H groups in total. The van der Waals surface area contributed by atoms with Gasteiger partial charge in [-0.3, -0.25) is 14.3 Å². The van der Waals surface area contributed by atoms with Crippen LogP contribution in [0.2, 0.25) is 5.02 Å². The van der Waals surface area contributed by atoms with E-state index in [1.807, 2.05) is 14.0 Å². The summed E-state index contributed by atoms with van der Waals surface area (Å²) in [5.74, 6) is -0.118. The highest BCUT2D eigenvalue weighted by atomic mass is 35.5. The largest absolute Gasteiger partial charge is 0.352 e. The van der Waals surface area contributed by atoms with Crippen molar-refractivity contribution in [2.75, 3.05) is 13.6 Å². The zero-order chi connectivity index (χ0) is 17.4. The molecule has 3 rings (SSSR count). The van der Waals surface area contributed by atoms with Gasteiger partial charge in [0.25, 0.3) is 5.91 Å². The normalized spacial score (nSPS) is 20.7. The highest BCUT2D eigenvalue weighted by molar-refractivity contribution is 7.08. The Bertz CT molecular complexity index is 785. The molecule has 1 fully saturated rings. The minimum absolute atomic E-state index is 0.00626. The van der Waals surface area contributed by atoms with Crippen LogP contribution in [0.25, 0.3) is 0 Å². The molecule has 3 heterocycles. The molecule has 0 aromatic carbocycles. The molecule has 6 nitrogen and oxygen atoms in total. The van der Waals surface area contributed by atoms with E-state index in [-0.39, 0.29) is 23.8 Å². The van der Waals surface area contributed by atoms with Crippen LogP contribution in [0.15, 0.2) is 17.0 Å². The number of rotatable bonds is 4. The van der Waals surface area contributed by atoms with Crippen molar-refractivity contribution < 1.29 is 9.59 Å². The molecular weight excluding hydrogens is 348 g/mol. The molecule has 8 heteroatoms. The summed E-state index contributed by atoms with van der Waals surface area (Å²) in [5.41, 5.74) is 2.53. The first-order chi connectivity index (χ1) is 11.4. The maximum atomic E-state index is 12.3. The molecule has 2 aromatic heterocycles. The van der Waals surface area contributed by atoms with Crippen LogP contribution >= 0.6 is 22.9 Å². The van der Waals surface area contributed by atoms with Crippen molar-refractivity contribution in [2.24, 2.45) is 13.0 Å². The van der Waals surface area contributed by atoms with Gasteiger partial charge in [-0.1, -0.05) is 11.6 Å². The Morgan fingerprint density at radius 3 is 2.79 bits per heavy atom. The van der Waals surface area contributed by atoms with Crippen LogP contribution in [0, 0.1) is 12.8 Å². The van der Waals surface area contributed by atoms with Crippen LogP contribution in [-0.4, -0.2) is 40.1 Å². The van der Waals surface area contributed by atoms with Gasteiger partial charge in [0.2, 0.25) is 5.91 Å². The fourth-order valence-electron chi connectivity index (χ4n) is 3.17. The van der Waals surface area contributed by atoms with Gasteiger partial charge in [0.05, 0.1) is 22.8 Å². The highest BCUT2D eigenvalue weighted by Crippen LogP contribution is 2.37. The summed E-state index contributed by atoms with van der Waals surface area (Å²) in [6.45, 7) is 2.40.